The lowest BCUT2D eigenvalue weighted by Crippen LogP contribution is -2.03. The third kappa shape index (κ3) is 2.14. The number of hydrogen-bond acceptors (Lipinski definition) is 3. The van der Waals surface area contributed by atoms with Gasteiger partial charge < -0.3 is 9.47 Å². The number of methoxy groups -OCH3 is 1. The Labute approximate surface area is 92.0 Å². The molecule has 2 aromatic rings. The number of para-hydroxylation sites is 1. The van der Waals surface area contributed by atoms with Crippen molar-refractivity contribution < 1.29 is 9.47 Å². The van der Waals surface area contributed by atoms with Gasteiger partial charge in [-0.2, -0.15) is 0 Å². The van der Waals surface area contributed by atoms with Crippen LogP contribution in [0.15, 0.2) is 35.1 Å². The normalized spacial score (nSPS) is 10.3. The summed E-state index contributed by atoms with van der Waals surface area (Å²) in [7, 11) is 1.55. The molecule has 2 N–H and O–H groups in total. The molecule has 84 valence electrons. The second-order valence-corrected chi connectivity index (χ2v) is 3.23. The zero-order valence-electron chi connectivity index (χ0n) is 8.82. The molecule has 0 saturated carbocycles. The number of hydrogen-bond donors (Lipinski definition) is 2. The summed E-state index contributed by atoms with van der Waals surface area (Å²) < 4.78 is 10.4. The van der Waals surface area contributed by atoms with Crippen LogP contribution in [-0.2, 0) is 11.3 Å². The van der Waals surface area contributed by atoms with Crippen molar-refractivity contribution in [1.29, 1.82) is 0 Å². The minimum Gasteiger partial charge on any atom is -0.449 e. The van der Waals surface area contributed by atoms with Gasteiger partial charge in [0.15, 0.2) is 0 Å². The van der Waals surface area contributed by atoms with Gasteiger partial charge in [-0.3, -0.25) is 15.0 Å². The van der Waals surface area contributed by atoms with Crippen LogP contribution in [0.25, 0.3) is 0 Å². The summed E-state index contributed by atoms with van der Waals surface area (Å²) in [6.07, 6.45) is 0. The fraction of sp³-hybridized carbons (Fsp3) is 0.182. The number of H-pyrrole nitrogens is 2. The van der Waals surface area contributed by atoms with Crippen molar-refractivity contribution in [3.63, 3.8) is 0 Å². The molecule has 0 aliphatic carbocycles. The molecule has 0 saturated heterocycles. The molecule has 0 radical (unpaired) electrons. The number of benzene rings is 1. The first-order valence-electron chi connectivity index (χ1n) is 4.82. The molecule has 0 unspecified atom stereocenters. The molecule has 2 rings (SSSR count). The molecule has 0 aliphatic rings. The van der Waals surface area contributed by atoms with Crippen LogP contribution in [-0.4, -0.2) is 17.3 Å². The Hall–Kier alpha value is -2.01. The van der Waals surface area contributed by atoms with E-state index in [1.807, 2.05) is 18.2 Å². The van der Waals surface area contributed by atoms with E-state index in [0.717, 1.165) is 0 Å². The zero-order valence-corrected chi connectivity index (χ0v) is 8.82. The highest BCUT2D eigenvalue weighted by molar-refractivity contribution is 5.31. The van der Waals surface area contributed by atoms with Crippen molar-refractivity contribution >= 4 is 0 Å². The lowest BCUT2D eigenvalue weighted by molar-refractivity contribution is 0.179. The largest absolute Gasteiger partial charge is 0.449 e. The van der Waals surface area contributed by atoms with E-state index in [-0.39, 0.29) is 11.3 Å². The highest BCUT2D eigenvalue weighted by Crippen LogP contribution is 2.20. The van der Waals surface area contributed by atoms with E-state index in [1.54, 1.807) is 19.2 Å². The lowest BCUT2D eigenvalue weighted by Gasteiger charge is -2.03. The van der Waals surface area contributed by atoms with Gasteiger partial charge in [-0.15, -0.1) is 0 Å². The van der Waals surface area contributed by atoms with Gasteiger partial charge in [-0.1, -0.05) is 18.2 Å². The fourth-order valence-electron chi connectivity index (χ4n) is 1.34. The van der Waals surface area contributed by atoms with Crippen LogP contribution in [0.1, 0.15) is 5.69 Å². The molecule has 1 heterocycles. The number of nitrogens with one attached hydrogen (secondary N) is 2. The Morgan fingerprint density at radius 3 is 2.62 bits per heavy atom. The van der Waals surface area contributed by atoms with Gasteiger partial charge in [0.1, 0.15) is 11.4 Å². The Balaban J connectivity index is 2.27. The monoisotopic (exact) mass is 220 g/mol. The summed E-state index contributed by atoms with van der Waals surface area (Å²) in [6, 6.07) is 9.12. The molecule has 0 aliphatic heterocycles. The number of ether oxygens (including phenoxy) is 2. The topological polar surface area (TPSA) is 67.1 Å². The van der Waals surface area contributed by atoms with Gasteiger partial charge >= 0.3 is 5.56 Å². The van der Waals surface area contributed by atoms with Crippen LogP contribution in [0.5, 0.6) is 11.5 Å². The van der Waals surface area contributed by atoms with Crippen LogP contribution >= 0.6 is 0 Å². The van der Waals surface area contributed by atoms with Crippen molar-refractivity contribution in [3.8, 4) is 11.5 Å². The van der Waals surface area contributed by atoms with Crippen molar-refractivity contribution in [3.05, 3.63) is 46.4 Å². The molecule has 1 aromatic heterocycles. The summed E-state index contributed by atoms with van der Waals surface area (Å²) in [5.41, 5.74) is 0.298. The van der Waals surface area contributed by atoms with E-state index in [4.69, 9.17) is 9.47 Å². The quantitative estimate of drug-likeness (QED) is 0.823. The van der Waals surface area contributed by atoms with Crippen LogP contribution in [0.2, 0.25) is 0 Å². The fourth-order valence-corrected chi connectivity index (χ4v) is 1.34. The number of rotatable bonds is 4. The molecule has 16 heavy (non-hydrogen) atoms. The Morgan fingerprint density at radius 1 is 1.19 bits per heavy atom. The van der Waals surface area contributed by atoms with Crippen molar-refractivity contribution in [1.82, 2.24) is 10.2 Å². The summed E-state index contributed by atoms with van der Waals surface area (Å²) in [5.74, 6) is 0.859. The SMILES string of the molecule is COCc1[nH][nH]c(=O)c1Oc1ccccc1. The molecular weight excluding hydrogens is 208 g/mol. The van der Waals surface area contributed by atoms with Gasteiger partial charge in [0.05, 0.1) is 6.61 Å². The van der Waals surface area contributed by atoms with E-state index in [0.29, 0.717) is 18.1 Å². The second kappa shape index (κ2) is 4.67. The molecule has 5 nitrogen and oxygen atoms in total. The van der Waals surface area contributed by atoms with Gasteiger partial charge in [0, 0.05) is 7.11 Å². The molecule has 0 atom stereocenters. The summed E-state index contributed by atoms with van der Waals surface area (Å²) in [5, 5.41) is 5.16. The second-order valence-electron chi connectivity index (χ2n) is 3.23. The highest BCUT2D eigenvalue weighted by atomic mass is 16.5. The molecule has 0 bridgehead atoms. The maximum atomic E-state index is 11.5. The molecular formula is C11H12N2O3. The van der Waals surface area contributed by atoms with Gasteiger partial charge in [0.2, 0.25) is 5.75 Å². The maximum absolute atomic E-state index is 11.5. The van der Waals surface area contributed by atoms with Gasteiger partial charge in [-0.25, -0.2) is 0 Å². The Bertz CT molecular complexity index is 501. The molecule has 1 aromatic carbocycles. The summed E-state index contributed by atoms with van der Waals surface area (Å²) in [6.45, 7) is 0.293. The average molecular weight is 220 g/mol. The molecule has 0 fully saturated rings. The highest BCUT2D eigenvalue weighted by Gasteiger charge is 2.11. The average Bonchev–Trinajstić information content (AvgIpc) is 2.64. The van der Waals surface area contributed by atoms with Crippen LogP contribution < -0.4 is 10.3 Å². The first-order valence-corrected chi connectivity index (χ1v) is 4.82. The van der Waals surface area contributed by atoms with E-state index in [1.165, 1.54) is 0 Å². The lowest BCUT2D eigenvalue weighted by atomic mass is 10.3. The van der Waals surface area contributed by atoms with Crippen LogP contribution in [0, 0.1) is 0 Å². The van der Waals surface area contributed by atoms with E-state index >= 15 is 0 Å². The zero-order chi connectivity index (χ0) is 11.4. The minimum absolute atomic E-state index is 0.244. The number of aromatic nitrogens is 2. The van der Waals surface area contributed by atoms with Crippen molar-refractivity contribution in [2.75, 3.05) is 7.11 Å². The third-order valence-corrected chi connectivity index (χ3v) is 2.06. The Kier molecular flexibility index (Phi) is 3.07. The first-order chi connectivity index (χ1) is 7.81. The van der Waals surface area contributed by atoms with E-state index in [9.17, 15) is 4.79 Å². The smallest absolute Gasteiger partial charge is 0.307 e. The van der Waals surface area contributed by atoms with Crippen molar-refractivity contribution in [2.24, 2.45) is 0 Å². The summed E-state index contributed by atoms with van der Waals surface area (Å²) >= 11 is 0. The first kappa shape index (κ1) is 10.5. The summed E-state index contributed by atoms with van der Waals surface area (Å²) in [4.78, 5) is 11.5. The van der Waals surface area contributed by atoms with Crippen LogP contribution in [0.4, 0.5) is 0 Å². The Morgan fingerprint density at radius 2 is 1.94 bits per heavy atom. The predicted molar refractivity (Wildman–Crippen MR) is 58.6 cm³/mol. The van der Waals surface area contributed by atoms with Gasteiger partial charge in [0.25, 0.3) is 0 Å². The third-order valence-electron chi connectivity index (χ3n) is 2.06. The molecule has 0 spiro atoms. The molecule has 0 amide bonds. The standard InChI is InChI=1S/C11H12N2O3/c1-15-7-9-10(11(14)13-12-9)16-8-5-3-2-4-6-8/h2-6H,7H2,1H3,(H2,12,13,14). The predicted octanol–water partition coefficient (Wildman–Crippen LogP) is 1.64. The minimum atomic E-state index is -0.295. The molecule has 5 heteroatoms. The van der Waals surface area contributed by atoms with E-state index in [2.05, 4.69) is 10.2 Å². The maximum Gasteiger partial charge on any atom is 0.307 e. The van der Waals surface area contributed by atoms with Crippen LogP contribution in [0.3, 0.4) is 0 Å². The number of aromatic amines is 2. The van der Waals surface area contributed by atoms with Crippen molar-refractivity contribution in [2.45, 2.75) is 6.61 Å². The van der Waals surface area contributed by atoms with Gasteiger partial charge in [-0.05, 0) is 12.1 Å². The van der Waals surface area contributed by atoms with E-state index < -0.39 is 0 Å².